The van der Waals surface area contributed by atoms with Crippen molar-refractivity contribution < 1.29 is 19.0 Å². The number of hydrogen-bond donors (Lipinski definition) is 3. The Balaban J connectivity index is 3.30. The van der Waals surface area contributed by atoms with Crippen molar-refractivity contribution in [2.45, 2.75) is 13.0 Å². The molecule has 4 N–H and O–H groups in total. The molecule has 1 aromatic heterocycles. The van der Waals surface area contributed by atoms with Crippen molar-refractivity contribution in [3.05, 3.63) is 17.5 Å². The van der Waals surface area contributed by atoms with Gasteiger partial charge in [-0.1, -0.05) is 0 Å². The van der Waals surface area contributed by atoms with E-state index in [1.54, 1.807) is 0 Å². The molecule has 0 saturated carbocycles. The van der Waals surface area contributed by atoms with Gasteiger partial charge in [-0.3, -0.25) is 4.98 Å². The highest BCUT2D eigenvalue weighted by Gasteiger charge is 2.19. The van der Waals surface area contributed by atoms with Crippen molar-refractivity contribution in [1.29, 1.82) is 0 Å². The average molecular weight is 190 g/mol. The first-order valence-corrected chi connectivity index (χ1v) is 3.43. The molecule has 0 amide bonds. The molecule has 0 aromatic carbocycles. The fraction of sp³-hybridized carbons (Fsp3) is 0.286. The maximum Gasteiger partial charge on any atom is 0.269 e. The van der Waals surface area contributed by atoms with E-state index in [4.69, 9.17) is 15.9 Å². The van der Waals surface area contributed by atoms with Crippen LogP contribution in [-0.4, -0.2) is 15.2 Å². The van der Waals surface area contributed by atoms with Crippen molar-refractivity contribution in [2.75, 3.05) is 5.73 Å². The molecule has 0 fully saturated rings. The molecule has 0 atom stereocenters. The monoisotopic (exact) mass is 190 g/mol. The summed E-state index contributed by atoms with van der Waals surface area (Å²) in [6, 6.07) is 0. The average Bonchev–Trinajstić information content (AvgIpc) is 2.04. The molecule has 0 unspecified atom stereocenters. The van der Waals surface area contributed by atoms with Gasteiger partial charge in [0.1, 0.15) is 5.75 Å². The topological polar surface area (TPSA) is 79.4 Å². The van der Waals surface area contributed by atoms with Crippen LogP contribution in [0.1, 0.15) is 17.7 Å². The number of aromatic nitrogens is 1. The first-order valence-electron chi connectivity index (χ1n) is 3.43. The molecule has 0 aliphatic heterocycles. The quantitative estimate of drug-likeness (QED) is 0.644. The SMILES string of the molecule is Nc1c(CO)ncc(O)c1C(F)F. The smallest absolute Gasteiger partial charge is 0.269 e. The molecule has 72 valence electrons. The van der Waals surface area contributed by atoms with Gasteiger partial charge in [-0.2, -0.15) is 0 Å². The van der Waals surface area contributed by atoms with Crippen molar-refractivity contribution in [3.8, 4) is 5.75 Å². The van der Waals surface area contributed by atoms with Gasteiger partial charge in [0.2, 0.25) is 0 Å². The first-order chi connectivity index (χ1) is 6.07. The standard InChI is InChI=1S/C7H8F2N2O2/c8-7(9)5-4(13)1-11-3(2-12)6(5)10/h1,7,12-13H,2,10H2. The molecule has 4 nitrogen and oxygen atoms in total. The molecule has 0 radical (unpaired) electrons. The number of nitrogens with two attached hydrogens (primary N) is 1. The van der Waals surface area contributed by atoms with Crippen molar-refractivity contribution in [1.82, 2.24) is 4.98 Å². The molecule has 0 spiro atoms. The Bertz CT molecular complexity index is 318. The van der Waals surface area contributed by atoms with Crippen LogP contribution in [0.4, 0.5) is 14.5 Å². The number of nitrogens with zero attached hydrogens (tertiary/aromatic N) is 1. The molecular weight excluding hydrogens is 182 g/mol. The van der Waals surface area contributed by atoms with E-state index in [1.165, 1.54) is 0 Å². The molecular formula is C7H8F2N2O2. The van der Waals surface area contributed by atoms with E-state index in [9.17, 15) is 8.78 Å². The Morgan fingerprint density at radius 3 is 2.62 bits per heavy atom. The lowest BCUT2D eigenvalue weighted by molar-refractivity contribution is 0.148. The van der Waals surface area contributed by atoms with E-state index in [1.807, 2.05) is 0 Å². The van der Waals surface area contributed by atoms with E-state index < -0.39 is 24.3 Å². The number of hydrogen-bond acceptors (Lipinski definition) is 4. The number of halogens is 2. The van der Waals surface area contributed by atoms with Gasteiger partial charge in [0.25, 0.3) is 6.43 Å². The number of aliphatic hydroxyl groups excluding tert-OH is 1. The van der Waals surface area contributed by atoms with Crippen LogP contribution in [0, 0.1) is 0 Å². The van der Waals surface area contributed by atoms with Gasteiger partial charge in [-0.25, -0.2) is 8.78 Å². The summed E-state index contributed by atoms with van der Waals surface area (Å²) >= 11 is 0. The fourth-order valence-corrected chi connectivity index (χ4v) is 0.927. The maximum absolute atomic E-state index is 12.3. The summed E-state index contributed by atoms with van der Waals surface area (Å²) in [5.74, 6) is -0.662. The highest BCUT2D eigenvalue weighted by atomic mass is 19.3. The van der Waals surface area contributed by atoms with E-state index in [2.05, 4.69) is 4.98 Å². The lowest BCUT2D eigenvalue weighted by Crippen LogP contribution is -2.03. The van der Waals surface area contributed by atoms with Crippen LogP contribution in [0.5, 0.6) is 5.75 Å². The van der Waals surface area contributed by atoms with Crippen molar-refractivity contribution in [2.24, 2.45) is 0 Å². The van der Waals surface area contributed by atoms with Gasteiger partial charge in [0, 0.05) is 0 Å². The van der Waals surface area contributed by atoms with E-state index in [-0.39, 0.29) is 11.4 Å². The minimum absolute atomic E-state index is 0.0619. The zero-order valence-electron chi connectivity index (χ0n) is 6.54. The lowest BCUT2D eigenvalue weighted by Gasteiger charge is -2.09. The highest BCUT2D eigenvalue weighted by molar-refractivity contribution is 5.56. The normalized spacial score (nSPS) is 10.8. The third-order valence-electron chi connectivity index (χ3n) is 1.59. The minimum Gasteiger partial charge on any atom is -0.506 e. The summed E-state index contributed by atoms with van der Waals surface area (Å²) in [6.07, 6.45) is -2.04. The zero-order valence-corrected chi connectivity index (χ0v) is 6.54. The van der Waals surface area contributed by atoms with Crippen LogP contribution in [-0.2, 0) is 6.61 Å². The second kappa shape index (κ2) is 3.53. The first kappa shape index (κ1) is 9.66. The molecule has 1 heterocycles. The third-order valence-corrected chi connectivity index (χ3v) is 1.59. The number of pyridine rings is 1. The molecule has 0 aliphatic carbocycles. The number of anilines is 1. The van der Waals surface area contributed by atoms with Gasteiger partial charge >= 0.3 is 0 Å². The predicted molar refractivity (Wildman–Crippen MR) is 41.2 cm³/mol. The molecule has 13 heavy (non-hydrogen) atoms. The number of aliphatic hydroxyl groups is 1. The van der Waals surface area contributed by atoms with Crippen LogP contribution in [0.15, 0.2) is 6.20 Å². The summed E-state index contributed by atoms with van der Waals surface area (Å²) in [6.45, 7) is -0.536. The highest BCUT2D eigenvalue weighted by Crippen LogP contribution is 2.33. The molecule has 1 aromatic rings. The Labute approximate surface area is 72.6 Å². The van der Waals surface area contributed by atoms with Gasteiger partial charge in [0.05, 0.1) is 29.7 Å². The zero-order chi connectivity index (χ0) is 10.0. The largest absolute Gasteiger partial charge is 0.506 e. The summed E-state index contributed by atoms with van der Waals surface area (Å²) < 4.78 is 24.5. The van der Waals surface area contributed by atoms with E-state index in [0.717, 1.165) is 6.20 Å². The number of nitrogen functional groups attached to an aromatic ring is 1. The van der Waals surface area contributed by atoms with Crippen LogP contribution < -0.4 is 5.73 Å². The number of alkyl halides is 2. The van der Waals surface area contributed by atoms with Crippen molar-refractivity contribution >= 4 is 5.69 Å². The Kier molecular flexibility index (Phi) is 2.62. The minimum atomic E-state index is -2.88. The third kappa shape index (κ3) is 1.67. The van der Waals surface area contributed by atoms with Crippen LogP contribution in [0.2, 0.25) is 0 Å². The molecule has 0 bridgehead atoms. The summed E-state index contributed by atoms with van der Waals surface area (Å²) in [4.78, 5) is 3.48. The van der Waals surface area contributed by atoms with Gasteiger partial charge in [0.15, 0.2) is 0 Å². The Morgan fingerprint density at radius 2 is 2.15 bits per heavy atom. The van der Waals surface area contributed by atoms with E-state index >= 15 is 0 Å². The van der Waals surface area contributed by atoms with Gasteiger partial charge in [-0.15, -0.1) is 0 Å². The summed E-state index contributed by atoms with van der Waals surface area (Å²) in [7, 11) is 0. The lowest BCUT2D eigenvalue weighted by atomic mass is 10.1. The maximum atomic E-state index is 12.3. The van der Waals surface area contributed by atoms with Crippen LogP contribution in [0.25, 0.3) is 0 Å². The van der Waals surface area contributed by atoms with Gasteiger partial charge in [-0.05, 0) is 0 Å². The van der Waals surface area contributed by atoms with Gasteiger partial charge < -0.3 is 15.9 Å². The fourth-order valence-electron chi connectivity index (χ4n) is 0.927. The van der Waals surface area contributed by atoms with E-state index in [0.29, 0.717) is 0 Å². The second-order valence-electron chi connectivity index (χ2n) is 2.38. The second-order valence-corrected chi connectivity index (χ2v) is 2.38. The van der Waals surface area contributed by atoms with Crippen LogP contribution in [0.3, 0.4) is 0 Å². The molecule has 1 rings (SSSR count). The molecule has 0 saturated heterocycles. The molecule has 0 aliphatic rings. The summed E-state index contributed by atoms with van der Waals surface area (Å²) in [5, 5.41) is 17.6. The Hall–Kier alpha value is -1.43. The van der Waals surface area contributed by atoms with Crippen molar-refractivity contribution in [3.63, 3.8) is 0 Å². The predicted octanol–water partition coefficient (Wildman–Crippen LogP) is 0.799. The molecule has 6 heteroatoms. The number of rotatable bonds is 2. The number of aromatic hydroxyl groups is 1. The van der Waals surface area contributed by atoms with Crippen LogP contribution >= 0.6 is 0 Å². The summed E-state index contributed by atoms with van der Waals surface area (Å²) in [5.41, 5.74) is 4.13. The Morgan fingerprint density at radius 1 is 1.54 bits per heavy atom.